The molecule has 0 aliphatic heterocycles. The van der Waals surface area contributed by atoms with Crippen molar-refractivity contribution in [3.8, 4) is 0 Å². The molecule has 2 heterocycles. The predicted octanol–water partition coefficient (Wildman–Crippen LogP) is 3.64. The van der Waals surface area contributed by atoms with Crippen molar-refractivity contribution in [1.82, 2.24) is 20.2 Å². The third-order valence-electron chi connectivity index (χ3n) is 4.47. The number of para-hydroxylation sites is 2. The molecule has 1 amide bonds. The molecule has 32 heavy (non-hydrogen) atoms. The molecule has 2 aromatic carbocycles. The highest BCUT2D eigenvalue weighted by molar-refractivity contribution is 7.99. The average Bonchev–Trinajstić information content (AvgIpc) is 3.43. The molecule has 10 heteroatoms. The summed E-state index contributed by atoms with van der Waals surface area (Å²) in [6, 6.07) is 14.3. The van der Waals surface area contributed by atoms with Crippen LogP contribution in [0.3, 0.4) is 0 Å². The van der Waals surface area contributed by atoms with E-state index in [4.69, 9.17) is 9.15 Å². The lowest BCUT2D eigenvalue weighted by atomic mass is 10.2. The van der Waals surface area contributed by atoms with E-state index in [-0.39, 0.29) is 11.7 Å². The number of aromatic nitrogens is 4. The average molecular weight is 452 g/mol. The van der Waals surface area contributed by atoms with Gasteiger partial charge in [-0.15, -0.1) is 10.2 Å². The van der Waals surface area contributed by atoms with Crippen molar-refractivity contribution >= 4 is 40.4 Å². The summed E-state index contributed by atoms with van der Waals surface area (Å²) < 4.78 is 10.5. The SMILES string of the molecule is CCOC(=O)c1ccc(NC(=O)CSc2nnc(CCc3nc4ccccc4[nH]3)o2)cc1. The zero-order valence-electron chi connectivity index (χ0n) is 17.3. The lowest BCUT2D eigenvalue weighted by Crippen LogP contribution is -2.14. The molecule has 4 rings (SSSR count). The van der Waals surface area contributed by atoms with Gasteiger partial charge < -0.3 is 19.5 Å². The summed E-state index contributed by atoms with van der Waals surface area (Å²) in [7, 11) is 0. The van der Waals surface area contributed by atoms with Crippen LogP contribution in [0, 0.1) is 0 Å². The number of carbonyl (C=O) groups excluding carboxylic acids is 2. The fourth-order valence-corrected chi connectivity index (χ4v) is 3.56. The number of amides is 1. The zero-order chi connectivity index (χ0) is 22.3. The molecule has 4 aromatic rings. The highest BCUT2D eigenvalue weighted by Crippen LogP contribution is 2.18. The van der Waals surface area contributed by atoms with Gasteiger partial charge in [0.25, 0.3) is 5.22 Å². The van der Waals surface area contributed by atoms with Gasteiger partial charge in [-0.1, -0.05) is 23.9 Å². The molecule has 0 atom stereocenters. The molecule has 9 nitrogen and oxygen atoms in total. The summed E-state index contributed by atoms with van der Waals surface area (Å²) in [5, 5.41) is 11.1. The molecule has 0 bridgehead atoms. The zero-order valence-corrected chi connectivity index (χ0v) is 18.1. The number of hydrogen-bond donors (Lipinski definition) is 2. The third kappa shape index (κ3) is 5.52. The highest BCUT2D eigenvalue weighted by Gasteiger charge is 2.12. The summed E-state index contributed by atoms with van der Waals surface area (Å²) in [5.41, 5.74) is 2.93. The summed E-state index contributed by atoms with van der Waals surface area (Å²) >= 11 is 1.16. The van der Waals surface area contributed by atoms with Crippen molar-refractivity contribution < 1.29 is 18.7 Å². The fraction of sp³-hybridized carbons (Fsp3) is 0.227. The number of aryl methyl sites for hydroxylation is 2. The van der Waals surface area contributed by atoms with E-state index in [9.17, 15) is 9.59 Å². The smallest absolute Gasteiger partial charge is 0.338 e. The molecular weight excluding hydrogens is 430 g/mol. The van der Waals surface area contributed by atoms with Crippen LogP contribution in [0.5, 0.6) is 0 Å². The van der Waals surface area contributed by atoms with E-state index in [1.807, 2.05) is 24.3 Å². The quantitative estimate of drug-likeness (QED) is 0.292. The predicted molar refractivity (Wildman–Crippen MR) is 120 cm³/mol. The number of hydrogen-bond acceptors (Lipinski definition) is 8. The second-order valence-corrected chi connectivity index (χ2v) is 7.72. The molecule has 0 radical (unpaired) electrons. The number of fused-ring (bicyclic) bond motifs is 1. The first-order valence-electron chi connectivity index (χ1n) is 10.1. The Morgan fingerprint density at radius 2 is 1.91 bits per heavy atom. The number of aromatic amines is 1. The first kappa shape index (κ1) is 21.6. The van der Waals surface area contributed by atoms with Crippen LogP contribution in [0.15, 0.2) is 58.2 Å². The van der Waals surface area contributed by atoms with E-state index < -0.39 is 5.97 Å². The van der Waals surface area contributed by atoms with E-state index in [1.54, 1.807) is 31.2 Å². The number of benzene rings is 2. The van der Waals surface area contributed by atoms with Gasteiger partial charge in [0.15, 0.2) is 0 Å². The summed E-state index contributed by atoms with van der Waals surface area (Å²) in [5.74, 6) is 0.842. The van der Waals surface area contributed by atoms with Crippen LogP contribution in [0.25, 0.3) is 11.0 Å². The standard InChI is InChI=1S/C22H21N5O4S/c1-2-30-21(29)14-7-9-15(10-8-14)23-19(28)13-32-22-27-26-20(31-22)12-11-18-24-16-5-3-4-6-17(16)25-18/h3-10H,2,11-13H2,1H3,(H,23,28)(H,24,25). The number of rotatable bonds is 9. The largest absolute Gasteiger partial charge is 0.462 e. The minimum absolute atomic E-state index is 0.116. The number of thioether (sulfide) groups is 1. The Balaban J connectivity index is 1.23. The van der Waals surface area contributed by atoms with Crippen LogP contribution in [0.4, 0.5) is 5.69 Å². The molecule has 2 aromatic heterocycles. The van der Waals surface area contributed by atoms with E-state index in [0.717, 1.165) is 28.6 Å². The molecule has 0 spiro atoms. The number of nitrogens with zero attached hydrogens (tertiary/aromatic N) is 3. The van der Waals surface area contributed by atoms with Crippen molar-refractivity contribution in [1.29, 1.82) is 0 Å². The monoisotopic (exact) mass is 451 g/mol. The molecule has 0 aliphatic rings. The molecule has 2 N–H and O–H groups in total. The van der Waals surface area contributed by atoms with Gasteiger partial charge in [-0.2, -0.15) is 0 Å². The van der Waals surface area contributed by atoms with Gasteiger partial charge in [0.1, 0.15) is 5.82 Å². The number of esters is 1. The van der Waals surface area contributed by atoms with Crippen molar-refractivity contribution in [2.24, 2.45) is 0 Å². The lowest BCUT2D eigenvalue weighted by molar-refractivity contribution is -0.113. The van der Waals surface area contributed by atoms with Gasteiger partial charge in [0.05, 0.1) is 29.0 Å². The van der Waals surface area contributed by atoms with Crippen molar-refractivity contribution in [3.63, 3.8) is 0 Å². The molecule has 0 saturated heterocycles. The Labute approximate surface area is 188 Å². The van der Waals surface area contributed by atoms with Crippen molar-refractivity contribution in [2.75, 3.05) is 17.7 Å². The second-order valence-electron chi connectivity index (χ2n) is 6.80. The first-order chi connectivity index (χ1) is 15.6. The van der Waals surface area contributed by atoms with Crippen molar-refractivity contribution in [2.45, 2.75) is 25.0 Å². The van der Waals surface area contributed by atoms with E-state index >= 15 is 0 Å². The molecular formula is C22H21N5O4S. The van der Waals surface area contributed by atoms with Gasteiger partial charge in [-0.05, 0) is 43.3 Å². The van der Waals surface area contributed by atoms with Crippen LogP contribution in [0.1, 0.15) is 29.0 Å². The minimum Gasteiger partial charge on any atom is -0.462 e. The number of H-pyrrole nitrogens is 1. The number of imidazole rings is 1. The van der Waals surface area contributed by atoms with Crippen LogP contribution in [-0.4, -0.2) is 44.4 Å². The van der Waals surface area contributed by atoms with Crippen LogP contribution in [-0.2, 0) is 22.4 Å². The maximum absolute atomic E-state index is 12.2. The second kappa shape index (κ2) is 10.1. The van der Waals surface area contributed by atoms with Gasteiger partial charge >= 0.3 is 5.97 Å². The highest BCUT2D eigenvalue weighted by atomic mass is 32.2. The summed E-state index contributed by atoms with van der Waals surface area (Å²) in [4.78, 5) is 31.6. The topological polar surface area (TPSA) is 123 Å². The number of nitrogens with one attached hydrogen (secondary N) is 2. The Morgan fingerprint density at radius 3 is 2.69 bits per heavy atom. The van der Waals surface area contributed by atoms with Crippen LogP contribution >= 0.6 is 11.8 Å². The Bertz CT molecular complexity index is 1190. The number of anilines is 1. The Hall–Kier alpha value is -3.66. The Kier molecular flexibility index (Phi) is 6.81. The maximum atomic E-state index is 12.2. The van der Waals surface area contributed by atoms with E-state index in [2.05, 4.69) is 25.5 Å². The molecule has 0 saturated carbocycles. The van der Waals surface area contributed by atoms with Gasteiger partial charge in [0, 0.05) is 18.5 Å². The number of carbonyl (C=O) groups is 2. The molecule has 0 unspecified atom stereocenters. The normalized spacial score (nSPS) is 10.9. The summed E-state index contributed by atoms with van der Waals surface area (Å²) in [6.07, 6.45) is 1.19. The lowest BCUT2D eigenvalue weighted by Gasteiger charge is -2.05. The first-order valence-corrected chi connectivity index (χ1v) is 11.0. The fourth-order valence-electron chi connectivity index (χ4n) is 2.98. The van der Waals surface area contributed by atoms with Gasteiger partial charge in [-0.3, -0.25) is 4.79 Å². The van der Waals surface area contributed by atoms with Crippen LogP contribution < -0.4 is 5.32 Å². The number of ether oxygens (including phenoxy) is 1. The maximum Gasteiger partial charge on any atom is 0.338 e. The molecule has 164 valence electrons. The summed E-state index contributed by atoms with van der Waals surface area (Å²) in [6.45, 7) is 2.06. The van der Waals surface area contributed by atoms with Crippen molar-refractivity contribution in [3.05, 3.63) is 65.8 Å². The third-order valence-corrected chi connectivity index (χ3v) is 5.29. The molecule has 0 fully saturated rings. The van der Waals surface area contributed by atoms with E-state index in [0.29, 0.717) is 41.8 Å². The van der Waals surface area contributed by atoms with E-state index in [1.165, 1.54) is 0 Å². The minimum atomic E-state index is -0.395. The van der Waals surface area contributed by atoms with Crippen LogP contribution in [0.2, 0.25) is 0 Å². The Morgan fingerprint density at radius 1 is 1.09 bits per heavy atom. The van der Waals surface area contributed by atoms with Gasteiger partial charge in [0.2, 0.25) is 11.8 Å². The van der Waals surface area contributed by atoms with Gasteiger partial charge in [-0.25, -0.2) is 9.78 Å². The molecule has 0 aliphatic carbocycles.